The average molecular weight is 276 g/mol. The van der Waals surface area contributed by atoms with Crippen molar-refractivity contribution in [2.45, 2.75) is 13.0 Å². The maximum atomic E-state index is 4.39. The van der Waals surface area contributed by atoms with Crippen molar-refractivity contribution in [3.63, 3.8) is 0 Å². The molecule has 0 amide bonds. The molecule has 2 aromatic rings. The van der Waals surface area contributed by atoms with Crippen LogP contribution in [0.15, 0.2) is 18.7 Å². The molecule has 0 saturated carbocycles. The van der Waals surface area contributed by atoms with E-state index in [0.29, 0.717) is 23.9 Å². The largest absolute Gasteiger partial charge is 0.357 e. The van der Waals surface area contributed by atoms with Crippen molar-refractivity contribution in [3.05, 3.63) is 18.7 Å². The van der Waals surface area contributed by atoms with Gasteiger partial charge in [0.05, 0.1) is 0 Å². The van der Waals surface area contributed by atoms with Gasteiger partial charge in [0.2, 0.25) is 17.8 Å². The van der Waals surface area contributed by atoms with E-state index in [1.807, 2.05) is 14.1 Å². The van der Waals surface area contributed by atoms with E-state index in [-0.39, 0.29) is 0 Å². The van der Waals surface area contributed by atoms with Gasteiger partial charge < -0.3 is 15.5 Å². The molecule has 0 aliphatic carbocycles. The molecule has 2 aromatic heterocycles. The topological polar surface area (TPSA) is 83.8 Å². The number of imidazole rings is 1. The van der Waals surface area contributed by atoms with Gasteiger partial charge in [-0.2, -0.15) is 15.0 Å². The molecule has 108 valence electrons. The Kier molecular flexibility index (Phi) is 4.46. The number of anilines is 2. The Morgan fingerprint density at radius 1 is 1.25 bits per heavy atom. The summed E-state index contributed by atoms with van der Waals surface area (Å²) in [4.78, 5) is 19.1. The van der Waals surface area contributed by atoms with Gasteiger partial charge >= 0.3 is 0 Å². The van der Waals surface area contributed by atoms with E-state index in [1.54, 1.807) is 30.3 Å². The van der Waals surface area contributed by atoms with Crippen LogP contribution in [-0.2, 0) is 0 Å². The molecule has 2 rings (SSSR count). The van der Waals surface area contributed by atoms with Crippen LogP contribution in [0.1, 0.15) is 6.92 Å². The van der Waals surface area contributed by atoms with Gasteiger partial charge in [0.25, 0.3) is 0 Å². The first kappa shape index (κ1) is 14.2. The van der Waals surface area contributed by atoms with Crippen LogP contribution < -0.4 is 10.6 Å². The highest BCUT2D eigenvalue weighted by Crippen LogP contribution is 2.09. The highest BCUT2D eigenvalue weighted by Gasteiger charge is 2.09. The quantitative estimate of drug-likeness (QED) is 0.793. The van der Waals surface area contributed by atoms with Gasteiger partial charge in [-0.15, -0.1) is 0 Å². The SMILES string of the molecule is CNc1nc(NCC(C)N(C)C)nc(-n2ccnc2)n1. The zero-order valence-electron chi connectivity index (χ0n) is 12.2. The number of nitrogens with zero attached hydrogens (tertiary/aromatic N) is 6. The summed E-state index contributed by atoms with van der Waals surface area (Å²) in [5.74, 6) is 1.59. The van der Waals surface area contributed by atoms with Gasteiger partial charge in [0, 0.05) is 32.0 Å². The fraction of sp³-hybridized carbons (Fsp3) is 0.500. The summed E-state index contributed by atoms with van der Waals surface area (Å²) in [6.45, 7) is 2.88. The molecule has 8 nitrogen and oxygen atoms in total. The first-order valence-corrected chi connectivity index (χ1v) is 6.42. The monoisotopic (exact) mass is 276 g/mol. The van der Waals surface area contributed by atoms with Crippen LogP contribution in [0.25, 0.3) is 5.95 Å². The Hall–Kier alpha value is -2.22. The van der Waals surface area contributed by atoms with Crippen molar-refractivity contribution in [3.8, 4) is 5.95 Å². The summed E-state index contributed by atoms with van der Waals surface area (Å²) in [5, 5.41) is 6.16. The third kappa shape index (κ3) is 3.41. The maximum Gasteiger partial charge on any atom is 0.241 e. The van der Waals surface area contributed by atoms with Crippen molar-refractivity contribution < 1.29 is 0 Å². The third-order valence-electron chi connectivity index (χ3n) is 3.02. The Bertz CT molecular complexity index is 536. The molecule has 0 aliphatic rings. The summed E-state index contributed by atoms with van der Waals surface area (Å²) in [7, 11) is 5.85. The zero-order valence-corrected chi connectivity index (χ0v) is 12.2. The van der Waals surface area contributed by atoms with Gasteiger partial charge in [-0.3, -0.25) is 4.57 Å². The molecule has 8 heteroatoms. The van der Waals surface area contributed by atoms with Crippen molar-refractivity contribution >= 4 is 11.9 Å². The number of rotatable bonds is 6. The van der Waals surface area contributed by atoms with E-state index in [2.05, 4.69) is 42.4 Å². The lowest BCUT2D eigenvalue weighted by Gasteiger charge is -2.20. The molecule has 2 N–H and O–H groups in total. The molecular formula is C12H20N8. The van der Waals surface area contributed by atoms with E-state index in [0.717, 1.165) is 6.54 Å². The summed E-state index contributed by atoms with van der Waals surface area (Å²) in [5.41, 5.74) is 0. The molecule has 1 unspecified atom stereocenters. The Balaban J connectivity index is 2.18. The lowest BCUT2D eigenvalue weighted by atomic mass is 10.3. The van der Waals surface area contributed by atoms with Crippen LogP contribution in [0.4, 0.5) is 11.9 Å². The number of nitrogens with one attached hydrogen (secondary N) is 2. The first-order chi connectivity index (χ1) is 9.60. The van der Waals surface area contributed by atoms with Gasteiger partial charge in [-0.25, -0.2) is 4.98 Å². The summed E-state index contributed by atoms with van der Waals surface area (Å²) in [6, 6.07) is 0.376. The smallest absolute Gasteiger partial charge is 0.241 e. The van der Waals surface area contributed by atoms with Crippen molar-refractivity contribution in [2.24, 2.45) is 0 Å². The van der Waals surface area contributed by atoms with E-state index in [9.17, 15) is 0 Å². The fourth-order valence-electron chi connectivity index (χ4n) is 1.47. The maximum absolute atomic E-state index is 4.39. The molecule has 0 bridgehead atoms. The Morgan fingerprint density at radius 3 is 2.60 bits per heavy atom. The van der Waals surface area contributed by atoms with Crippen LogP contribution in [0.2, 0.25) is 0 Å². The van der Waals surface area contributed by atoms with Crippen molar-refractivity contribution in [1.82, 2.24) is 29.4 Å². The lowest BCUT2D eigenvalue weighted by Crippen LogP contribution is -2.32. The van der Waals surface area contributed by atoms with Gasteiger partial charge in [-0.1, -0.05) is 0 Å². The molecule has 0 aromatic carbocycles. The molecule has 0 spiro atoms. The van der Waals surface area contributed by atoms with Crippen LogP contribution >= 0.6 is 0 Å². The number of hydrogen-bond acceptors (Lipinski definition) is 7. The van der Waals surface area contributed by atoms with Crippen LogP contribution in [0.3, 0.4) is 0 Å². The standard InChI is InChI=1S/C12H20N8/c1-9(19(3)4)7-15-11-16-10(13-2)17-12(18-11)20-6-5-14-8-20/h5-6,8-9H,7H2,1-4H3,(H2,13,15,16,17,18). The predicted octanol–water partition coefficient (Wildman–Crippen LogP) is 0.461. The second-order valence-corrected chi connectivity index (χ2v) is 4.70. The number of aromatic nitrogens is 5. The molecule has 0 saturated heterocycles. The summed E-state index contributed by atoms with van der Waals surface area (Å²) in [6.07, 6.45) is 5.13. The van der Waals surface area contributed by atoms with Crippen LogP contribution in [0.5, 0.6) is 0 Å². The molecular weight excluding hydrogens is 256 g/mol. The molecule has 2 heterocycles. The summed E-state index contributed by atoms with van der Waals surface area (Å²) >= 11 is 0. The minimum absolute atomic E-state index is 0.376. The normalized spacial score (nSPS) is 12.4. The van der Waals surface area contributed by atoms with Crippen molar-refractivity contribution in [1.29, 1.82) is 0 Å². The molecule has 0 radical (unpaired) electrons. The summed E-state index contributed by atoms with van der Waals surface area (Å²) < 4.78 is 1.74. The average Bonchev–Trinajstić information content (AvgIpc) is 2.98. The van der Waals surface area contributed by atoms with Crippen LogP contribution in [0, 0.1) is 0 Å². The number of likely N-dealkylation sites (N-methyl/N-ethyl adjacent to an activating group) is 1. The molecule has 20 heavy (non-hydrogen) atoms. The molecule has 1 atom stereocenters. The van der Waals surface area contributed by atoms with Crippen LogP contribution in [-0.4, -0.2) is 63.1 Å². The Labute approximate surface area is 118 Å². The second kappa shape index (κ2) is 6.29. The third-order valence-corrected chi connectivity index (χ3v) is 3.02. The minimum Gasteiger partial charge on any atom is -0.357 e. The predicted molar refractivity (Wildman–Crippen MR) is 78.1 cm³/mol. The van der Waals surface area contributed by atoms with Gasteiger partial charge in [0.15, 0.2) is 0 Å². The minimum atomic E-state index is 0.376. The van der Waals surface area contributed by atoms with Gasteiger partial charge in [-0.05, 0) is 21.0 Å². The Morgan fingerprint density at radius 2 is 2.00 bits per heavy atom. The first-order valence-electron chi connectivity index (χ1n) is 6.42. The lowest BCUT2D eigenvalue weighted by molar-refractivity contribution is 0.325. The van der Waals surface area contributed by atoms with E-state index >= 15 is 0 Å². The zero-order chi connectivity index (χ0) is 14.5. The van der Waals surface area contributed by atoms with E-state index < -0.39 is 0 Å². The van der Waals surface area contributed by atoms with Gasteiger partial charge in [0.1, 0.15) is 6.33 Å². The van der Waals surface area contributed by atoms with Crippen molar-refractivity contribution in [2.75, 3.05) is 38.3 Å². The highest BCUT2D eigenvalue weighted by molar-refractivity contribution is 5.37. The fourth-order valence-corrected chi connectivity index (χ4v) is 1.47. The molecule has 0 aliphatic heterocycles. The second-order valence-electron chi connectivity index (χ2n) is 4.70. The molecule has 0 fully saturated rings. The van der Waals surface area contributed by atoms with E-state index in [4.69, 9.17) is 0 Å². The highest BCUT2D eigenvalue weighted by atomic mass is 15.3. The van der Waals surface area contributed by atoms with E-state index in [1.165, 1.54) is 0 Å². The number of hydrogen-bond donors (Lipinski definition) is 2.